The molecule has 2 fully saturated rings. The van der Waals surface area contributed by atoms with Crippen LogP contribution in [0.3, 0.4) is 0 Å². The second kappa shape index (κ2) is 18.6. The van der Waals surface area contributed by atoms with Crippen molar-refractivity contribution in [2.24, 2.45) is 0 Å². The molecule has 2 aliphatic heterocycles. The summed E-state index contributed by atoms with van der Waals surface area (Å²) in [6.45, 7) is 99.5. The summed E-state index contributed by atoms with van der Waals surface area (Å²) < 4.78 is 2.46. The predicted molar refractivity (Wildman–Crippen MR) is 355 cm³/mol. The van der Waals surface area contributed by atoms with Gasteiger partial charge in [0.15, 0.2) is 0 Å². The van der Waals surface area contributed by atoms with E-state index in [9.17, 15) is 0 Å². The summed E-state index contributed by atoms with van der Waals surface area (Å²) in [7, 11) is -22.2. The van der Waals surface area contributed by atoms with E-state index in [2.05, 4.69) is 249 Å². The standard InChI is InChI=1S/C54H114Si14/c1-43-39-45(3)49(46(4)40-43)55(57-51(59(7,8)9,60(10,11)12)35-36-52(57,61(13,14)15)62(16,17)18)67(31,32)68(33,34)56(50-47(5)41-44(2)42-48(50)6)58-53(63(19,20)21,64(22,23)24)37-38-54(58,65(25,26)27)66(28,29)30/h39-42H,35-38H2,1-34H3. The summed E-state index contributed by atoms with van der Waals surface area (Å²) in [4.78, 5) is 0. The number of benzene rings is 2. The van der Waals surface area contributed by atoms with E-state index in [1.807, 2.05) is 10.4 Å². The third-order valence-corrected chi connectivity index (χ3v) is 171. The highest BCUT2D eigenvalue weighted by molar-refractivity contribution is 7.84. The van der Waals surface area contributed by atoms with E-state index in [1.54, 1.807) is 47.9 Å². The van der Waals surface area contributed by atoms with Gasteiger partial charge in [0.25, 0.3) is 0 Å². The second-order valence-corrected chi connectivity index (χ2v) is 126. The highest BCUT2D eigenvalue weighted by atomic mass is 29.9. The number of hydrogen-bond acceptors (Lipinski definition) is 0. The molecule has 4 rings (SSSR count). The lowest BCUT2D eigenvalue weighted by molar-refractivity contribution is 0.763. The molecule has 386 valence electrons. The minimum absolute atomic E-state index is 0.614. The van der Waals surface area contributed by atoms with Gasteiger partial charge in [0.2, 0.25) is 0 Å². The maximum atomic E-state index is 3.26. The first-order chi connectivity index (χ1) is 29.8. The lowest BCUT2D eigenvalue weighted by Crippen LogP contribution is -2.80. The molecule has 0 unspecified atom stereocenters. The highest BCUT2D eigenvalue weighted by Crippen LogP contribution is 2.71. The Morgan fingerprint density at radius 2 is 0.441 bits per heavy atom. The molecule has 0 spiro atoms. The normalized spacial score (nSPS) is 19.8. The van der Waals surface area contributed by atoms with Crippen molar-refractivity contribution in [1.29, 1.82) is 0 Å². The third kappa shape index (κ3) is 9.15. The second-order valence-electron chi connectivity index (χ2n) is 32.9. The molecule has 2 aliphatic rings. The molecule has 2 saturated heterocycles. The number of aryl methyl sites for hydroxylation is 6. The van der Waals surface area contributed by atoms with Crippen molar-refractivity contribution in [3.63, 3.8) is 0 Å². The average molecular weight is 1160 g/mol. The van der Waals surface area contributed by atoms with Crippen LogP contribution in [0.5, 0.6) is 0 Å². The van der Waals surface area contributed by atoms with Crippen LogP contribution in [0.2, 0.25) is 200 Å². The predicted octanol–water partition coefficient (Wildman–Crippen LogP) is 17.0. The van der Waals surface area contributed by atoms with Gasteiger partial charge >= 0.3 is 0 Å². The van der Waals surface area contributed by atoms with Gasteiger partial charge in [-0.05, 0) is 107 Å². The van der Waals surface area contributed by atoms with Crippen LogP contribution in [0, 0.1) is 41.5 Å². The van der Waals surface area contributed by atoms with E-state index < -0.39 is 109 Å². The third-order valence-electron chi connectivity index (χ3n) is 20.9. The summed E-state index contributed by atoms with van der Waals surface area (Å²) in [6, 6.07) is 10.9. The Morgan fingerprint density at radius 3 is 0.574 bits per heavy atom. The maximum absolute atomic E-state index is 3.26. The van der Waals surface area contributed by atoms with E-state index in [-0.39, 0.29) is 0 Å². The quantitative estimate of drug-likeness (QED) is 0.175. The van der Waals surface area contributed by atoms with Crippen molar-refractivity contribution >= 4 is 120 Å². The van der Waals surface area contributed by atoms with Crippen molar-refractivity contribution in [3.05, 3.63) is 57.6 Å². The SMILES string of the molecule is Cc1cc(C)c([Si](=[Si]2C([Si](C)(C)C)([Si](C)(C)C)CCC2([Si](C)(C)C)[Si](C)(C)C)[Si](C)(C)[Si](C)(C)[Si](c2c(C)cc(C)cc2C)=[Si]2C([Si](C)(C)C)([Si](C)(C)C)CCC2([Si](C)(C)C)[Si](C)(C)C)c(C)c1. The van der Waals surface area contributed by atoms with Gasteiger partial charge in [0, 0.05) is 79.4 Å². The van der Waals surface area contributed by atoms with Crippen molar-refractivity contribution < 1.29 is 0 Å². The Morgan fingerprint density at radius 1 is 0.294 bits per heavy atom. The largest absolute Gasteiger partial charge is 0.0708 e. The molecular formula is C54H114Si14. The Labute approximate surface area is 441 Å². The maximum Gasteiger partial charge on any atom is 0.0539 e. The fraction of sp³-hybridized carbons (Fsp3) is 0.778. The Balaban J connectivity index is 2.76. The summed E-state index contributed by atoms with van der Waals surface area (Å²) in [6.07, 6.45) is 6.32. The molecule has 2 heterocycles. The van der Waals surface area contributed by atoms with E-state index in [4.69, 9.17) is 0 Å². The Bertz CT molecular complexity index is 1990. The molecule has 0 aromatic heterocycles. The zero-order valence-corrected chi connectivity index (χ0v) is 66.1. The fourth-order valence-corrected chi connectivity index (χ4v) is 243. The van der Waals surface area contributed by atoms with E-state index in [0.29, 0.717) is 17.1 Å². The molecule has 0 radical (unpaired) electrons. The Hall–Kier alpha value is 1.48. The summed E-state index contributed by atoms with van der Waals surface area (Å²) in [5.74, 6) is 0. The van der Waals surface area contributed by atoms with Crippen LogP contribution in [0.25, 0.3) is 0 Å². The van der Waals surface area contributed by atoms with Gasteiger partial charge in [-0.15, -0.1) is 0 Å². The first-order valence-corrected chi connectivity index (χ1v) is 72.5. The number of rotatable bonds is 13. The zero-order valence-electron chi connectivity index (χ0n) is 52.1. The van der Waals surface area contributed by atoms with Crippen LogP contribution in [-0.4, -0.2) is 109 Å². The fourth-order valence-electron chi connectivity index (χ4n) is 18.6. The van der Waals surface area contributed by atoms with Crippen LogP contribution in [0.15, 0.2) is 24.3 Å². The molecule has 2 aromatic rings. The van der Waals surface area contributed by atoms with Gasteiger partial charge in [-0.25, -0.2) is 0 Å². The minimum Gasteiger partial charge on any atom is -0.0708 e. The molecular weight excluding hydrogens is 1040 g/mol. The van der Waals surface area contributed by atoms with Crippen molar-refractivity contribution in [1.82, 2.24) is 0 Å². The zero-order chi connectivity index (χ0) is 53.6. The van der Waals surface area contributed by atoms with Gasteiger partial charge in [0.1, 0.15) is 0 Å². The van der Waals surface area contributed by atoms with Crippen molar-refractivity contribution in [3.8, 4) is 0 Å². The molecule has 2 aromatic carbocycles. The smallest absolute Gasteiger partial charge is 0.0539 e. The molecule has 0 aliphatic carbocycles. The average Bonchev–Trinajstić information content (AvgIpc) is 3.65. The van der Waals surface area contributed by atoms with Crippen LogP contribution >= 0.6 is 0 Å². The minimum atomic E-state index is -2.17. The molecule has 0 atom stereocenters. The van der Waals surface area contributed by atoms with E-state index >= 15 is 0 Å². The lowest BCUT2D eigenvalue weighted by Gasteiger charge is -2.62. The summed E-state index contributed by atoms with van der Waals surface area (Å²) >= 11 is 0. The van der Waals surface area contributed by atoms with Crippen LogP contribution in [0.1, 0.15) is 59.1 Å². The molecule has 0 saturated carbocycles. The molecule has 0 nitrogen and oxygen atoms in total. The van der Waals surface area contributed by atoms with E-state index in [1.165, 1.54) is 11.1 Å². The van der Waals surface area contributed by atoms with Gasteiger partial charge in [-0.1, -0.05) is 244 Å². The van der Waals surface area contributed by atoms with Crippen molar-refractivity contribution in [2.45, 2.75) is 268 Å². The summed E-state index contributed by atoms with van der Waals surface area (Å²) in [5.41, 5.74) is 9.93. The topological polar surface area (TPSA) is 0 Å². The molecule has 0 N–H and O–H groups in total. The monoisotopic (exact) mass is 1150 g/mol. The molecule has 14 heteroatoms. The van der Waals surface area contributed by atoms with Gasteiger partial charge in [0.05, 0.1) is 14.2 Å². The van der Waals surface area contributed by atoms with Gasteiger partial charge in [-0.2, -0.15) is 0 Å². The van der Waals surface area contributed by atoms with E-state index in [0.717, 1.165) is 0 Å². The lowest BCUT2D eigenvalue weighted by atomic mass is 10.1. The van der Waals surface area contributed by atoms with Gasteiger partial charge < -0.3 is 0 Å². The highest BCUT2D eigenvalue weighted by Gasteiger charge is 2.74. The van der Waals surface area contributed by atoms with Crippen molar-refractivity contribution in [2.75, 3.05) is 0 Å². The number of hydrogen-bond donors (Lipinski definition) is 0. The molecule has 0 amide bonds. The molecule has 68 heavy (non-hydrogen) atoms. The first-order valence-electron chi connectivity index (χ1n) is 27.5. The van der Waals surface area contributed by atoms with Crippen LogP contribution < -0.4 is 10.4 Å². The van der Waals surface area contributed by atoms with Gasteiger partial charge in [-0.3, -0.25) is 0 Å². The van der Waals surface area contributed by atoms with Crippen LogP contribution in [-0.2, 0) is 0 Å². The summed E-state index contributed by atoms with van der Waals surface area (Å²) in [5, 5.41) is 4.09. The van der Waals surface area contributed by atoms with Crippen LogP contribution in [0.4, 0.5) is 0 Å². The molecule has 0 bridgehead atoms. The Kier molecular flexibility index (Phi) is 17.0. The first kappa shape index (κ1) is 62.0.